The van der Waals surface area contributed by atoms with Crippen molar-refractivity contribution in [3.05, 3.63) is 68.8 Å². The van der Waals surface area contributed by atoms with Crippen molar-refractivity contribution in [2.24, 2.45) is 0 Å². The Morgan fingerprint density at radius 3 is 2.52 bits per heavy atom. The lowest BCUT2D eigenvalue weighted by atomic mass is 10.0. The van der Waals surface area contributed by atoms with Crippen molar-refractivity contribution in [3.63, 3.8) is 0 Å². The largest absolute Gasteiger partial charge is 0.336 e. The van der Waals surface area contributed by atoms with E-state index >= 15 is 0 Å². The summed E-state index contributed by atoms with van der Waals surface area (Å²) in [7, 11) is 0. The zero-order valence-corrected chi connectivity index (χ0v) is 19.7. The van der Waals surface area contributed by atoms with Crippen molar-refractivity contribution in [3.8, 4) is 11.3 Å². The van der Waals surface area contributed by atoms with E-state index in [1.54, 1.807) is 29.2 Å². The van der Waals surface area contributed by atoms with Crippen LogP contribution in [0.3, 0.4) is 0 Å². The molecule has 29 heavy (non-hydrogen) atoms. The first-order valence-electron chi connectivity index (χ1n) is 9.35. The van der Waals surface area contributed by atoms with Crippen LogP contribution in [-0.2, 0) is 6.42 Å². The molecule has 0 bridgehead atoms. The van der Waals surface area contributed by atoms with E-state index in [1.807, 2.05) is 24.3 Å². The average molecular weight is 469 g/mol. The summed E-state index contributed by atoms with van der Waals surface area (Å²) < 4.78 is 13.3. The van der Waals surface area contributed by atoms with Crippen molar-refractivity contribution in [2.45, 2.75) is 32.7 Å². The molecule has 2 nitrogen and oxygen atoms in total. The summed E-state index contributed by atoms with van der Waals surface area (Å²) in [5, 5.41) is 2.19. The highest BCUT2D eigenvalue weighted by Gasteiger charge is 2.23. The molecule has 0 radical (unpaired) electrons. The van der Waals surface area contributed by atoms with Crippen molar-refractivity contribution >= 4 is 51.4 Å². The number of thiazole rings is 1. The molecule has 2 aromatic carbocycles. The van der Waals surface area contributed by atoms with Gasteiger partial charge in [0.25, 0.3) is 0 Å². The van der Waals surface area contributed by atoms with Crippen LogP contribution in [0.4, 0.5) is 9.52 Å². The molecule has 1 atom stereocenters. The molecule has 0 spiro atoms. The Hall–Kier alpha value is -1.27. The fourth-order valence-electron chi connectivity index (χ4n) is 3.26. The fraction of sp³-hybridized carbons (Fsp3) is 0.318. The first-order chi connectivity index (χ1) is 13.9. The van der Waals surface area contributed by atoms with Crippen molar-refractivity contribution < 1.29 is 4.39 Å². The SMILES string of the molecule is CCC(Cc1ccc(F)cc1)N(CSC)c1nc(-c2ccc(Cl)cc2Cl)c(C)s1. The molecule has 1 heterocycles. The number of aryl methyl sites for hydroxylation is 1. The van der Waals surface area contributed by atoms with Gasteiger partial charge in [0.05, 0.1) is 16.6 Å². The van der Waals surface area contributed by atoms with Gasteiger partial charge in [-0.15, -0.1) is 23.1 Å². The maximum absolute atomic E-state index is 13.3. The van der Waals surface area contributed by atoms with Crippen LogP contribution in [0.15, 0.2) is 42.5 Å². The first-order valence-corrected chi connectivity index (χ1v) is 12.3. The van der Waals surface area contributed by atoms with Gasteiger partial charge in [0.1, 0.15) is 5.82 Å². The number of anilines is 1. The van der Waals surface area contributed by atoms with E-state index in [-0.39, 0.29) is 11.9 Å². The van der Waals surface area contributed by atoms with Gasteiger partial charge in [0.15, 0.2) is 5.13 Å². The topological polar surface area (TPSA) is 16.1 Å². The van der Waals surface area contributed by atoms with Gasteiger partial charge in [0.2, 0.25) is 0 Å². The lowest BCUT2D eigenvalue weighted by molar-refractivity contribution is 0.595. The molecule has 0 N–H and O–H groups in total. The molecular weight excluding hydrogens is 446 g/mol. The molecule has 0 amide bonds. The Morgan fingerprint density at radius 1 is 1.17 bits per heavy atom. The Kier molecular flexibility index (Phi) is 7.85. The monoisotopic (exact) mass is 468 g/mol. The molecule has 1 unspecified atom stereocenters. The van der Waals surface area contributed by atoms with E-state index in [0.29, 0.717) is 10.0 Å². The summed E-state index contributed by atoms with van der Waals surface area (Å²) in [6.45, 7) is 4.25. The van der Waals surface area contributed by atoms with Gasteiger partial charge in [-0.3, -0.25) is 0 Å². The second kappa shape index (κ2) is 10.2. The smallest absolute Gasteiger partial charge is 0.187 e. The molecule has 0 saturated carbocycles. The quantitative estimate of drug-likeness (QED) is 0.314. The lowest BCUT2D eigenvalue weighted by Crippen LogP contribution is -2.36. The van der Waals surface area contributed by atoms with E-state index in [2.05, 4.69) is 25.0 Å². The van der Waals surface area contributed by atoms with Crippen LogP contribution >= 0.6 is 46.3 Å². The highest BCUT2D eigenvalue weighted by Crippen LogP contribution is 2.38. The fourth-order valence-corrected chi connectivity index (χ4v) is 5.45. The zero-order valence-electron chi connectivity index (χ0n) is 16.6. The Morgan fingerprint density at radius 2 is 1.90 bits per heavy atom. The third kappa shape index (κ3) is 5.46. The van der Waals surface area contributed by atoms with Crippen LogP contribution in [0.5, 0.6) is 0 Å². The van der Waals surface area contributed by atoms with Gasteiger partial charge >= 0.3 is 0 Å². The van der Waals surface area contributed by atoms with E-state index in [1.165, 1.54) is 12.1 Å². The Bertz CT molecular complexity index is 960. The van der Waals surface area contributed by atoms with Crippen LogP contribution in [-0.4, -0.2) is 23.2 Å². The molecule has 154 valence electrons. The van der Waals surface area contributed by atoms with Crippen LogP contribution in [0.1, 0.15) is 23.8 Å². The number of hydrogen-bond acceptors (Lipinski definition) is 4. The maximum atomic E-state index is 13.3. The van der Waals surface area contributed by atoms with Crippen LogP contribution < -0.4 is 4.90 Å². The van der Waals surface area contributed by atoms with Gasteiger partial charge in [-0.25, -0.2) is 9.37 Å². The molecule has 3 aromatic rings. The third-order valence-corrected chi connectivity index (χ3v) is 6.87. The molecule has 0 fully saturated rings. The molecule has 1 aromatic heterocycles. The Balaban J connectivity index is 1.92. The van der Waals surface area contributed by atoms with Crippen molar-refractivity contribution in [1.29, 1.82) is 0 Å². The standard InChI is InChI=1S/C22H23Cl2FN2S2/c1-4-18(11-15-5-8-17(25)9-6-15)27(13-28-3)22-26-21(14(2)29-22)19-10-7-16(23)12-20(19)24/h5-10,12,18H,4,11,13H2,1-3H3. The van der Waals surface area contributed by atoms with Gasteiger partial charge in [-0.05, 0) is 61.9 Å². The minimum Gasteiger partial charge on any atom is -0.336 e. The summed E-state index contributed by atoms with van der Waals surface area (Å²) in [4.78, 5) is 8.42. The molecule has 0 saturated heterocycles. The molecule has 0 aliphatic heterocycles. The highest BCUT2D eigenvalue weighted by atomic mass is 35.5. The minimum atomic E-state index is -0.206. The molecule has 0 aliphatic rings. The molecule has 3 rings (SSSR count). The lowest BCUT2D eigenvalue weighted by Gasteiger charge is -2.30. The zero-order chi connectivity index (χ0) is 21.0. The Labute approximate surface area is 190 Å². The summed E-state index contributed by atoms with van der Waals surface area (Å²) in [6.07, 6.45) is 3.90. The van der Waals surface area contributed by atoms with Gasteiger partial charge in [-0.1, -0.05) is 42.3 Å². The summed E-state index contributed by atoms with van der Waals surface area (Å²) in [5.74, 6) is 0.628. The number of thioether (sulfide) groups is 1. The third-order valence-electron chi connectivity index (χ3n) is 4.78. The molecule has 7 heteroatoms. The minimum absolute atomic E-state index is 0.206. The first kappa shape index (κ1) is 22.4. The number of hydrogen-bond donors (Lipinski definition) is 0. The van der Waals surface area contributed by atoms with E-state index < -0.39 is 0 Å². The second-order valence-corrected chi connectivity index (χ2v) is 9.67. The predicted molar refractivity (Wildman–Crippen MR) is 127 cm³/mol. The van der Waals surface area contributed by atoms with Crippen LogP contribution in [0.2, 0.25) is 10.0 Å². The van der Waals surface area contributed by atoms with E-state index in [4.69, 9.17) is 28.2 Å². The second-order valence-electron chi connectivity index (χ2n) is 6.81. The normalized spacial score (nSPS) is 12.2. The van der Waals surface area contributed by atoms with Gasteiger partial charge in [-0.2, -0.15) is 0 Å². The van der Waals surface area contributed by atoms with Crippen LogP contribution in [0, 0.1) is 12.7 Å². The van der Waals surface area contributed by atoms with Crippen LogP contribution in [0.25, 0.3) is 11.3 Å². The van der Waals surface area contributed by atoms with Crippen molar-refractivity contribution in [2.75, 3.05) is 17.0 Å². The maximum Gasteiger partial charge on any atom is 0.187 e. The number of rotatable bonds is 8. The average Bonchev–Trinajstić information content (AvgIpc) is 3.07. The highest BCUT2D eigenvalue weighted by molar-refractivity contribution is 7.98. The number of benzene rings is 2. The van der Waals surface area contributed by atoms with Gasteiger partial charge in [0, 0.05) is 21.5 Å². The summed E-state index contributed by atoms with van der Waals surface area (Å²) in [6, 6.07) is 12.6. The summed E-state index contributed by atoms with van der Waals surface area (Å²) >= 11 is 15.9. The summed E-state index contributed by atoms with van der Waals surface area (Å²) in [5.41, 5.74) is 2.92. The number of aromatic nitrogens is 1. The van der Waals surface area contributed by atoms with E-state index in [9.17, 15) is 4.39 Å². The van der Waals surface area contributed by atoms with Gasteiger partial charge < -0.3 is 4.90 Å². The van der Waals surface area contributed by atoms with Crippen molar-refractivity contribution in [1.82, 2.24) is 4.98 Å². The number of halogens is 3. The molecular formula is C22H23Cl2FN2S2. The number of nitrogens with zero attached hydrogens (tertiary/aromatic N) is 2. The van der Waals surface area contributed by atoms with E-state index in [0.717, 1.165) is 45.5 Å². The molecule has 0 aliphatic carbocycles. The predicted octanol–water partition coefficient (Wildman–Crippen LogP) is 7.71.